The molecule has 0 radical (unpaired) electrons. The van der Waals surface area contributed by atoms with E-state index >= 15 is 0 Å². The third-order valence-electron chi connectivity index (χ3n) is 5.97. The van der Waals surface area contributed by atoms with E-state index in [1.807, 2.05) is 32.4 Å². The van der Waals surface area contributed by atoms with E-state index in [4.69, 9.17) is 0 Å². The topological polar surface area (TPSA) is 75.2 Å². The molecule has 0 aliphatic heterocycles. The van der Waals surface area contributed by atoms with Gasteiger partial charge in [0.05, 0.1) is 23.1 Å². The number of pyridine rings is 1. The zero-order valence-electron chi connectivity index (χ0n) is 17.2. The number of fused-ring (bicyclic) bond motifs is 2. The molecule has 6 rings (SSSR count). The summed E-state index contributed by atoms with van der Waals surface area (Å²) >= 11 is 0. The number of rotatable bonds is 3. The Morgan fingerprint density at radius 1 is 0.871 bits per heavy atom. The first kappa shape index (κ1) is 17.7. The summed E-state index contributed by atoms with van der Waals surface area (Å²) in [5.41, 5.74) is 8.42. The summed E-state index contributed by atoms with van der Waals surface area (Å²) in [4.78, 5) is 12.3. The molecule has 0 bridgehead atoms. The molecule has 6 aromatic rings. The van der Waals surface area contributed by atoms with E-state index in [0.717, 1.165) is 61.4 Å². The molecule has 150 valence electrons. The molecular weight excluding hydrogens is 384 g/mol. The van der Waals surface area contributed by atoms with Crippen LogP contribution in [0.4, 0.5) is 0 Å². The molecule has 4 heterocycles. The first-order valence-electron chi connectivity index (χ1n) is 10.2. The highest BCUT2D eigenvalue weighted by molar-refractivity contribution is 6.01. The van der Waals surface area contributed by atoms with E-state index in [1.165, 1.54) is 0 Å². The summed E-state index contributed by atoms with van der Waals surface area (Å²) in [5, 5.41) is 10.0. The quantitative estimate of drug-likeness (QED) is 0.410. The molecule has 2 aromatic carbocycles. The average Bonchev–Trinajstić information content (AvgIpc) is 3.50. The van der Waals surface area contributed by atoms with Crippen molar-refractivity contribution in [2.75, 3.05) is 0 Å². The van der Waals surface area contributed by atoms with Crippen LogP contribution in [0, 0.1) is 6.92 Å². The van der Waals surface area contributed by atoms with Crippen LogP contribution in [0.15, 0.2) is 73.2 Å². The van der Waals surface area contributed by atoms with E-state index < -0.39 is 0 Å². The predicted octanol–water partition coefficient (Wildman–Crippen LogP) is 5.48. The van der Waals surface area contributed by atoms with Gasteiger partial charge in [0, 0.05) is 46.9 Å². The lowest BCUT2D eigenvalue weighted by Crippen LogP contribution is -1.94. The lowest BCUT2D eigenvalue weighted by atomic mass is 10.0. The van der Waals surface area contributed by atoms with Crippen molar-refractivity contribution in [3.8, 4) is 33.8 Å². The number of benzene rings is 2. The number of imidazole rings is 1. The monoisotopic (exact) mass is 404 g/mol. The van der Waals surface area contributed by atoms with Gasteiger partial charge in [0.15, 0.2) is 0 Å². The van der Waals surface area contributed by atoms with Gasteiger partial charge in [-0.1, -0.05) is 24.3 Å². The third-order valence-corrected chi connectivity index (χ3v) is 5.97. The van der Waals surface area contributed by atoms with E-state index in [0.29, 0.717) is 0 Å². The molecule has 0 atom stereocenters. The van der Waals surface area contributed by atoms with Crippen molar-refractivity contribution in [1.82, 2.24) is 29.7 Å². The highest BCUT2D eigenvalue weighted by Crippen LogP contribution is 2.35. The molecule has 0 aliphatic carbocycles. The fourth-order valence-corrected chi connectivity index (χ4v) is 4.21. The van der Waals surface area contributed by atoms with Crippen LogP contribution in [0.2, 0.25) is 0 Å². The molecule has 6 heteroatoms. The maximum atomic E-state index is 4.63. The zero-order chi connectivity index (χ0) is 20.9. The Labute approximate surface area is 178 Å². The van der Waals surface area contributed by atoms with Crippen molar-refractivity contribution in [2.45, 2.75) is 6.92 Å². The van der Waals surface area contributed by atoms with E-state index in [2.05, 4.69) is 78.2 Å². The Bertz CT molecular complexity index is 1550. The number of hydrogen-bond donors (Lipinski definition) is 2. The molecule has 6 nitrogen and oxygen atoms in total. The highest BCUT2D eigenvalue weighted by atomic mass is 15.1. The number of aromatic nitrogens is 6. The number of hydrogen-bond acceptors (Lipinski definition) is 3. The van der Waals surface area contributed by atoms with Crippen LogP contribution in [0.3, 0.4) is 0 Å². The number of nitrogens with zero attached hydrogens (tertiary/aromatic N) is 4. The van der Waals surface area contributed by atoms with E-state index in [1.54, 1.807) is 6.20 Å². The summed E-state index contributed by atoms with van der Waals surface area (Å²) in [6, 6.07) is 18.9. The summed E-state index contributed by atoms with van der Waals surface area (Å²) in [5.74, 6) is 0.987. The molecule has 0 fully saturated rings. The molecule has 2 N–H and O–H groups in total. The average molecular weight is 404 g/mol. The maximum Gasteiger partial charge on any atom is 0.116 e. The summed E-state index contributed by atoms with van der Waals surface area (Å²) in [7, 11) is 2.04. The Balaban J connectivity index is 1.52. The van der Waals surface area contributed by atoms with Gasteiger partial charge in [-0.2, -0.15) is 5.10 Å². The molecule has 0 saturated heterocycles. The van der Waals surface area contributed by atoms with Crippen LogP contribution < -0.4 is 0 Å². The molecule has 31 heavy (non-hydrogen) atoms. The Hall–Kier alpha value is -4.19. The zero-order valence-corrected chi connectivity index (χ0v) is 17.2. The minimum absolute atomic E-state index is 0.907. The number of aromatic amines is 2. The molecule has 0 amide bonds. The van der Waals surface area contributed by atoms with Gasteiger partial charge < -0.3 is 9.55 Å². The van der Waals surface area contributed by atoms with Crippen molar-refractivity contribution in [2.24, 2.45) is 7.05 Å². The molecule has 4 aromatic heterocycles. The smallest absolute Gasteiger partial charge is 0.116 e. The van der Waals surface area contributed by atoms with Crippen LogP contribution >= 0.6 is 0 Å². The van der Waals surface area contributed by atoms with Gasteiger partial charge in [0.25, 0.3) is 0 Å². The Morgan fingerprint density at radius 3 is 2.61 bits per heavy atom. The van der Waals surface area contributed by atoms with Crippen LogP contribution in [-0.4, -0.2) is 29.7 Å². The molecule has 0 unspecified atom stereocenters. The van der Waals surface area contributed by atoms with Gasteiger partial charge >= 0.3 is 0 Å². The number of H-pyrrole nitrogens is 2. The fourth-order valence-electron chi connectivity index (χ4n) is 4.21. The maximum absolute atomic E-state index is 4.63. The second kappa shape index (κ2) is 6.67. The second-order valence-corrected chi connectivity index (χ2v) is 7.77. The molecular formula is C25H20N6. The van der Waals surface area contributed by atoms with Crippen LogP contribution in [0.5, 0.6) is 0 Å². The van der Waals surface area contributed by atoms with Crippen molar-refractivity contribution < 1.29 is 0 Å². The minimum atomic E-state index is 0.907. The van der Waals surface area contributed by atoms with Gasteiger partial charge in [-0.05, 0) is 42.8 Å². The number of nitrogens with one attached hydrogen (secondary N) is 2. The van der Waals surface area contributed by atoms with Gasteiger partial charge in [-0.3, -0.25) is 10.1 Å². The van der Waals surface area contributed by atoms with Crippen LogP contribution in [0.1, 0.15) is 5.82 Å². The van der Waals surface area contributed by atoms with Gasteiger partial charge in [0.2, 0.25) is 0 Å². The van der Waals surface area contributed by atoms with E-state index in [9.17, 15) is 0 Å². The molecule has 0 spiro atoms. The van der Waals surface area contributed by atoms with Gasteiger partial charge in [-0.25, -0.2) is 4.98 Å². The first-order chi connectivity index (χ1) is 15.2. The molecule has 0 saturated carbocycles. The molecule has 0 aliphatic rings. The first-order valence-corrected chi connectivity index (χ1v) is 10.2. The summed E-state index contributed by atoms with van der Waals surface area (Å²) in [6.07, 6.45) is 5.61. The van der Waals surface area contributed by atoms with Crippen LogP contribution in [0.25, 0.3) is 55.6 Å². The Morgan fingerprint density at radius 2 is 1.81 bits per heavy atom. The Kier molecular flexibility index (Phi) is 3.80. The lowest BCUT2D eigenvalue weighted by molar-refractivity contribution is 0.865. The standard InChI is InChI=1S/C25H20N6/c1-15-27-14-24(31(15)2)16-8-9-22-20(11-16)25(30-29-22)23-12-19-18(6-3-7-21(19)28-23)17-5-4-10-26-13-17/h3-14,28H,1-2H3,(H,29,30). The van der Waals surface area contributed by atoms with Crippen molar-refractivity contribution in [3.63, 3.8) is 0 Å². The largest absolute Gasteiger partial charge is 0.353 e. The predicted molar refractivity (Wildman–Crippen MR) is 124 cm³/mol. The number of aryl methyl sites for hydroxylation is 1. The minimum Gasteiger partial charge on any atom is -0.353 e. The SMILES string of the molecule is Cc1ncc(-c2ccc3[nH]nc(-c4cc5c(-c6cccnc6)cccc5[nH]4)c3c2)n1C. The lowest BCUT2D eigenvalue weighted by Gasteiger charge is -2.04. The van der Waals surface area contributed by atoms with Crippen molar-refractivity contribution in [3.05, 3.63) is 79.0 Å². The normalized spacial score (nSPS) is 11.5. The highest BCUT2D eigenvalue weighted by Gasteiger charge is 2.15. The second-order valence-electron chi connectivity index (χ2n) is 7.77. The fraction of sp³-hybridized carbons (Fsp3) is 0.0800. The van der Waals surface area contributed by atoms with Gasteiger partial charge in [0.1, 0.15) is 11.5 Å². The summed E-state index contributed by atoms with van der Waals surface area (Å²) < 4.78 is 2.10. The third kappa shape index (κ3) is 2.76. The van der Waals surface area contributed by atoms with Crippen molar-refractivity contribution >= 4 is 21.8 Å². The van der Waals surface area contributed by atoms with Crippen molar-refractivity contribution in [1.29, 1.82) is 0 Å². The van der Waals surface area contributed by atoms with Crippen LogP contribution in [-0.2, 0) is 7.05 Å². The van der Waals surface area contributed by atoms with Gasteiger partial charge in [-0.15, -0.1) is 0 Å². The van der Waals surface area contributed by atoms with E-state index in [-0.39, 0.29) is 0 Å². The summed E-state index contributed by atoms with van der Waals surface area (Å²) in [6.45, 7) is 2.01.